The number of hydrogen-bond acceptors (Lipinski definition) is 1. The fourth-order valence-electron chi connectivity index (χ4n) is 3.27. The van der Waals surface area contributed by atoms with Crippen LogP contribution in [0.15, 0.2) is 46.9 Å². The smallest absolute Gasteiger partial charge is 0.130 e. The van der Waals surface area contributed by atoms with Gasteiger partial charge in [0, 0.05) is 10.0 Å². The summed E-state index contributed by atoms with van der Waals surface area (Å²) in [5.41, 5.74) is 3.08. The van der Waals surface area contributed by atoms with E-state index in [1.165, 1.54) is 17.2 Å². The molecule has 3 heteroatoms. The maximum absolute atomic E-state index is 14.0. The number of rotatable bonds is 3. The van der Waals surface area contributed by atoms with Gasteiger partial charge >= 0.3 is 0 Å². The molecular formula is C18H18BrFO. The van der Waals surface area contributed by atoms with Crippen LogP contribution >= 0.6 is 15.9 Å². The lowest BCUT2D eigenvalue weighted by atomic mass is 9.79. The first-order chi connectivity index (χ1) is 10.1. The number of fused-ring (bicyclic) bond motifs is 1. The van der Waals surface area contributed by atoms with E-state index in [1.807, 2.05) is 6.07 Å². The standard InChI is InChI=1S/C18H18BrFO/c19-14-8-9-16(17(20)11-14)18(21)10-13-6-3-5-12-4-1-2-7-15(12)13/h1-2,4,7-9,11,13,18,21H,3,5-6,10H2. The first-order valence-electron chi connectivity index (χ1n) is 7.36. The number of aryl methyl sites for hydroxylation is 1. The average molecular weight is 349 g/mol. The molecule has 2 atom stereocenters. The Hall–Kier alpha value is -1.19. The Morgan fingerprint density at radius 3 is 2.86 bits per heavy atom. The Kier molecular flexibility index (Phi) is 4.41. The van der Waals surface area contributed by atoms with Gasteiger partial charge in [0.05, 0.1) is 6.10 Å². The van der Waals surface area contributed by atoms with E-state index in [4.69, 9.17) is 0 Å². The molecule has 0 bridgehead atoms. The van der Waals surface area contributed by atoms with Gasteiger partial charge in [-0.2, -0.15) is 0 Å². The Morgan fingerprint density at radius 2 is 2.05 bits per heavy atom. The van der Waals surface area contributed by atoms with Gasteiger partial charge in [0.2, 0.25) is 0 Å². The van der Waals surface area contributed by atoms with E-state index in [9.17, 15) is 9.50 Å². The molecule has 21 heavy (non-hydrogen) atoms. The van der Waals surface area contributed by atoms with Crippen LogP contribution in [0, 0.1) is 5.82 Å². The third-order valence-electron chi connectivity index (χ3n) is 4.32. The third kappa shape index (κ3) is 3.19. The zero-order valence-electron chi connectivity index (χ0n) is 11.7. The number of halogens is 2. The fourth-order valence-corrected chi connectivity index (χ4v) is 3.60. The van der Waals surface area contributed by atoms with Gasteiger partial charge in [-0.25, -0.2) is 4.39 Å². The number of aliphatic hydroxyl groups excluding tert-OH is 1. The molecule has 0 saturated heterocycles. The lowest BCUT2D eigenvalue weighted by Crippen LogP contribution is -2.13. The van der Waals surface area contributed by atoms with Crippen LogP contribution in [0.3, 0.4) is 0 Å². The summed E-state index contributed by atoms with van der Waals surface area (Å²) in [7, 11) is 0. The monoisotopic (exact) mass is 348 g/mol. The minimum Gasteiger partial charge on any atom is -0.388 e. The molecule has 0 fully saturated rings. The lowest BCUT2D eigenvalue weighted by Gasteiger charge is -2.27. The Bertz CT molecular complexity index is 641. The van der Waals surface area contributed by atoms with E-state index in [0.29, 0.717) is 22.4 Å². The Morgan fingerprint density at radius 1 is 1.24 bits per heavy atom. The van der Waals surface area contributed by atoms with Crippen LogP contribution in [0.5, 0.6) is 0 Å². The molecule has 0 aromatic heterocycles. The van der Waals surface area contributed by atoms with Crippen LogP contribution in [0.25, 0.3) is 0 Å². The van der Waals surface area contributed by atoms with Crippen molar-refractivity contribution in [3.63, 3.8) is 0 Å². The van der Waals surface area contributed by atoms with Gasteiger partial charge in [-0.15, -0.1) is 0 Å². The van der Waals surface area contributed by atoms with Gasteiger partial charge in [-0.3, -0.25) is 0 Å². The van der Waals surface area contributed by atoms with Gasteiger partial charge in [-0.1, -0.05) is 46.3 Å². The maximum atomic E-state index is 14.0. The van der Waals surface area contributed by atoms with Crippen molar-refractivity contribution in [1.29, 1.82) is 0 Å². The Labute approximate surface area is 132 Å². The molecule has 1 N–H and O–H groups in total. The second-order valence-corrected chi connectivity index (χ2v) is 6.62. The molecular weight excluding hydrogens is 331 g/mol. The molecule has 0 saturated carbocycles. The quantitative estimate of drug-likeness (QED) is 0.814. The van der Waals surface area contributed by atoms with Crippen molar-refractivity contribution in [1.82, 2.24) is 0 Å². The molecule has 0 heterocycles. The first kappa shape index (κ1) is 14.7. The highest BCUT2D eigenvalue weighted by atomic mass is 79.9. The zero-order valence-corrected chi connectivity index (χ0v) is 13.3. The van der Waals surface area contributed by atoms with Crippen molar-refractivity contribution < 1.29 is 9.50 Å². The molecule has 110 valence electrons. The molecule has 0 aliphatic heterocycles. The largest absolute Gasteiger partial charge is 0.388 e. The molecule has 1 aliphatic carbocycles. The van der Waals surface area contributed by atoms with Crippen LogP contribution in [0.2, 0.25) is 0 Å². The Balaban J connectivity index is 1.81. The number of aliphatic hydroxyl groups is 1. The number of benzene rings is 2. The predicted octanol–water partition coefficient (Wildman–Crippen LogP) is 5.13. The average Bonchev–Trinajstić information content (AvgIpc) is 2.47. The van der Waals surface area contributed by atoms with Crippen LogP contribution < -0.4 is 0 Å². The lowest BCUT2D eigenvalue weighted by molar-refractivity contribution is 0.150. The van der Waals surface area contributed by atoms with Crippen LogP contribution in [0.1, 0.15) is 48.0 Å². The van der Waals surface area contributed by atoms with Crippen molar-refractivity contribution in [3.8, 4) is 0 Å². The summed E-state index contributed by atoms with van der Waals surface area (Å²) >= 11 is 3.24. The summed E-state index contributed by atoms with van der Waals surface area (Å²) in [6, 6.07) is 13.3. The summed E-state index contributed by atoms with van der Waals surface area (Å²) in [6.45, 7) is 0. The van der Waals surface area contributed by atoms with E-state index in [-0.39, 0.29) is 5.82 Å². The second-order valence-electron chi connectivity index (χ2n) is 5.71. The van der Waals surface area contributed by atoms with Crippen molar-refractivity contribution in [2.45, 2.75) is 37.7 Å². The van der Waals surface area contributed by atoms with Crippen molar-refractivity contribution in [2.24, 2.45) is 0 Å². The minimum atomic E-state index is -0.755. The molecule has 1 nitrogen and oxygen atoms in total. The molecule has 2 unspecified atom stereocenters. The van der Waals surface area contributed by atoms with E-state index in [0.717, 1.165) is 19.3 Å². The molecule has 1 aliphatic rings. The van der Waals surface area contributed by atoms with E-state index in [1.54, 1.807) is 12.1 Å². The highest BCUT2D eigenvalue weighted by Gasteiger charge is 2.24. The second kappa shape index (κ2) is 6.29. The fraction of sp³-hybridized carbons (Fsp3) is 0.333. The van der Waals surface area contributed by atoms with Crippen molar-refractivity contribution in [2.75, 3.05) is 0 Å². The summed E-state index contributed by atoms with van der Waals surface area (Å²) in [6.07, 6.45) is 3.13. The molecule has 3 rings (SSSR count). The number of hydrogen-bond donors (Lipinski definition) is 1. The van der Waals surface area contributed by atoms with Crippen molar-refractivity contribution >= 4 is 15.9 Å². The third-order valence-corrected chi connectivity index (χ3v) is 4.82. The summed E-state index contributed by atoms with van der Waals surface area (Å²) in [5.74, 6) is -0.0334. The zero-order chi connectivity index (χ0) is 14.8. The SMILES string of the molecule is OC(CC1CCCc2ccccc21)c1ccc(Br)cc1F. The van der Waals surface area contributed by atoms with Gasteiger partial charge in [0.1, 0.15) is 5.82 Å². The van der Waals surface area contributed by atoms with E-state index < -0.39 is 6.10 Å². The molecule has 2 aromatic rings. The highest BCUT2D eigenvalue weighted by Crippen LogP contribution is 2.38. The van der Waals surface area contributed by atoms with E-state index in [2.05, 4.69) is 34.1 Å². The summed E-state index contributed by atoms with van der Waals surface area (Å²) < 4.78 is 14.7. The normalized spacial score (nSPS) is 19.1. The van der Waals surface area contributed by atoms with Crippen molar-refractivity contribution in [3.05, 3.63) is 69.4 Å². The topological polar surface area (TPSA) is 20.2 Å². The van der Waals surface area contributed by atoms with Crippen LogP contribution in [0.4, 0.5) is 4.39 Å². The van der Waals surface area contributed by atoms with E-state index >= 15 is 0 Å². The minimum absolute atomic E-state index is 0.313. The van der Waals surface area contributed by atoms with Gasteiger partial charge in [0.15, 0.2) is 0 Å². The highest BCUT2D eigenvalue weighted by molar-refractivity contribution is 9.10. The molecule has 2 aromatic carbocycles. The summed E-state index contributed by atoms with van der Waals surface area (Å²) in [5, 5.41) is 10.4. The molecule has 0 spiro atoms. The molecule has 0 radical (unpaired) electrons. The van der Waals surface area contributed by atoms with Gasteiger partial charge in [0.25, 0.3) is 0 Å². The molecule has 0 amide bonds. The van der Waals surface area contributed by atoms with Gasteiger partial charge in [-0.05, 0) is 54.9 Å². The van der Waals surface area contributed by atoms with Gasteiger partial charge < -0.3 is 5.11 Å². The summed E-state index contributed by atoms with van der Waals surface area (Å²) in [4.78, 5) is 0. The first-order valence-corrected chi connectivity index (χ1v) is 8.15. The van der Waals surface area contributed by atoms with Crippen LogP contribution in [-0.2, 0) is 6.42 Å². The van der Waals surface area contributed by atoms with Crippen LogP contribution in [-0.4, -0.2) is 5.11 Å². The maximum Gasteiger partial charge on any atom is 0.130 e. The predicted molar refractivity (Wildman–Crippen MR) is 85.8 cm³/mol.